The van der Waals surface area contributed by atoms with Crippen molar-refractivity contribution in [3.05, 3.63) is 40.3 Å². The number of carbonyl (C=O) groups excluding carboxylic acids is 1. The maximum Gasteiger partial charge on any atom is 0.250 e. The Morgan fingerprint density at radius 1 is 1.67 bits per heavy atom. The van der Waals surface area contributed by atoms with Crippen molar-refractivity contribution in [2.75, 3.05) is 6.61 Å². The monoisotopic (exact) mass is 223 g/mol. The Kier molecular flexibility index (Phi) is 3.67. The van der Waals surface area contributed by atoms with Gasteiger partial charge in [-0.3, -0.25) is 4.79 Å². The van der Waals surface area contributed by atoms with Crippen molar-refractivity contribution in [3.63, 3.8) is 0 Å². The van der Waals surface area contributed by atoms with Gasteiger partial charge in [-0.15, -0.1) is 0 Å². The highest BCUT2D eigenvalue weighted by atomic mass is 35.5. The van der Waals surface area contributed by atoms with Gasteiger partial charge in [0.05, 0.1) is 22.8 Å². The van der Waals surface area contributed by atoms with Crippen molar-refractivity contribution in [2.24, 2.45) is 5.73 Å². The number of primary amides is 1. The van der Waals surface area contributed by atoms with Crippen LogP contribution in [0.3, 0.4) is 0 Å². The number of hydrogen-bond donors (Lipinski definition) is 2. The van der Waals surface area contributed by atoms with Crippen LogP contribution in [0.1, 0.15) is 21.5 Å². The lowest BCUT2D eigenvalue weighted by atomic mass is 10.0. The predicted molar refractivity (Wildman–Crippen MR) is 55.2 cm³/mol. The van der Waals surface area contributed by atoms with Crippen molar-refractivity contribution in [3.8, 4) is 6.07 Å². The topological polar surface area (TPSA) is 87.1 Å². The molecule has 1 rings (SSSR count). The summed E-state index contributed by atoms with van der Waals surface area (Å²) < 4.78 is 0. The minimum absolute atomic E-state index is 0.0206. The summed E-state index contributed by atoms with van der Waals surface area (Å²) in [7, 11) is 0. The number of nitriles is 1. The highest BCUT2D eigenvalue weighted by Gasteiger charge is 2.15. The first-order chi connectivity index (χ1) is 7.11. The Morgan fingerprint density at radius 2 is 2.33 bits per heavy atom. The molecule has 1 amide bonds. The number of carbonyl (C=O) groups is 1. The molecule has 15 heavy (non-hydrogen) atoms. The van der Waals surface area contributed by atoms with Crippen LogP contribution < -0.4 is 5.73 Å². The molecule has 0 bridgehead atoms. The predicted octanol–water partition coefficient (Wildman–Crippen LogP) is 0.855. The lowest BCUT2D eigenvalue weighted by molar-refractivity contribution is 0.1000. The maximum absolute atomic E-state index is 11.1. The Hall–Kier alpha value is -1.57. The molecule has 3 N–H and O–H groups in total. The zero-order valence-electron chi connectivity index (χ0n) is 7.70. The second-order valence-electron chi connectivity index (χ2n) is 2.75. The van der Waals surface area contributed by atoms with Gasteiger partial charge in [-0.05, 0) is 11.6 Å². The number of nitrogens with two attached hydrogens (primary N) is 1. The molecular formula is C10H8ClN2O2. The number of hydrogen-bond acceptors (Lipinski definition) is 3. The standard InChI is InChI=1S/C10H8ClN2O2/c11-9-7(5-12)2-1-6(3-4-14)8(9)10(13)15/h1-3,14H,4H2,(H2,13,15). The summed E-state index contributed by atoms with van der Waals surface area (Å²) in [6, 6.07) is 4.83. The van der Waals surface area contributed by atoms with E-state index in [1.165, 1.54) is 18.6 Å². The summed E-state index contributed by atoms with van der Waals surface area (Å²) in [6.45, 7) is -0.234. The lowest BCUT2D eigenvalue weighted by Crippen LogP contribution is -2.15. The van der Waals surface area contributed by atoms with Crippen LogP contribution in [-0.4, -0.2) is 17.6 Å². The van der Waals surface area contributed by atoms with Crippen molar-refractivity contribution in [1.82, 2.24) is 0 Å². The average Bonchev–Trinajstić information content (AvgIpc) is 2.18. The van der Waals surface area contributed by atoms with Crippen LogP contribution in [0.2, 0.25) is 5.02 Å². The smallest absolute Gasteiger partial charge is 0.250 e. The first-order valence-electron chi connectivity index (χ1n) is 4.08. The molecule has 0 aliphatic heterocycles. The minimum atomic E-state index is -0.725. The van der Waals surface area contributed by atoms with E-state index in [1.807, 2.05) is 6.07 Å². The first kappa shape index (κ1) is 11.5. The van der Waals surface area contributed by atoms with Gasteiger partial charge in [0.2, 0.25) is 0 Å². The Bertz CT molecular complexity index is 438. The quantitative estimate of drug-likeness (QED) is 0.797. The second kappa shape index (κ2) is 4.78. The summed E-state index contributed by atoms with van der Waals surface area (Å²) in [4.78, 5) is 11.1. The van der Waals surface area contributed by atoms with Gasteiger partial charge >= 0.3 is 0 Å². The summed E-state index contributed by atoms with van der Waals surface area (Å²) in [5.74, 6) is -0.725. The van der Waals surface area contributed by atoms with Crippen LogP contribution in [-0.2, 0) is 0 Å². The van der Waals surface area contributed by atoms with Gasteiger partial charge in [-0.1, -0.05) is 17.7 Å². The Balaban J connectivity index is 3.39. The van der Waals surface area contributed by atoms with Crippen molar-refractivity contribution in [1.29, 1.82) is 5.26 Å². The van der Waals surface area contributed by atoms with Gasteiger partial charge in [0, 0.05) is 6.42 Å². The summed E-state index contributed by atoms with van der Waals surface area (Å²) in [6.07, 6.45) is 1.40. The average molecular weight is 224 g/mol. The molecular weight excluding hydrogens is 216 g/mol. The van der Waals surface area contributed by atoms with Crippen molar-refractivity contribution in [2.45, 2.75) is 0 Å². The van der Waals surface area contributed by atoms with E-state index in [0.717, 1.165) is 0 Å². The molecule has 0 saturated heterocycles. The number of aliphatic hydroxyl groups excluding tert-OH is 1. The molecule has 1 aromatic carbocycles. The molecule has 0 aliphatic carbocycles. The summed E-state index contributed by atoms with van der Waals surface area (Å²) in [5, 5.41) is 17.4. The number of nitrogens with zero attached hydrogens (tertiary/aromatic N) is 1. The third-order valence-corrected chi connectivity index (χ3v) is 2.24. The number of aliphatic hydroxyl groups is 1. The van der Waals surface area contributed by atoms with Gasteiger partial charge < -0.3 is 10.8 Å². The number of benzene rings is 1. The van der Waals surface area contributed by atoms with Gasteiger partial charge in [-0.25, -0.2) is 0 Å². The van der Waals surface area contributed by atoms with Gasteiger partial charge in [0.15, 0.2) is 0 Å². The van der Waals surface area contributed by atoms with Crippen LogP contribution in [0.4, 0.5) is 0 Å². The van der Waals surface area contributed by atoms with Gasteiger partial charge in [0.25, 0.3) is 5.91 Å². The fourth-order valence-electron chi connectivity index (χ4n) is 1.20. The van der Waals surface area contributed by atoms with E-state index in [9.17, 15) is 4.79 Å². The van der Waals surface area contributed by atoms with Crippen molar-refractivity contribution < 1.29 is 9.90 Å². The summed E-state index contributed by atoms with van der Waals surface area (Å²) in [5.41, 5.74) is 5.80. The molecule has 0 fully saturated rings. The van der Waals surface area contributed by atoms with Crippen molar-refractivity contribution >= 4 is 17.5 Å². The highest BCUT2D eigenvalue weighted by Crippen LogP contribution is 2.24. The fraction of sp³-hybridized carbons (Fsp3) is 0.100. The Morgan fingerprint density at radius 3 is 2.80 bits per heavy atom. The molecule has 77 valence electrons. The molecule has 4 nitrogen and oxygen atoms in total. The van der Waals surface area contributed by atoms with E-state index in [-0.39, 0.29) is 22.8 Å². The molecule has 5 heteroatoms. The van der Waals surface area contributed by atoms with E-state index in [0.29, 0.717) is 5.56 Å². The maximum atomic E-state index is 11.1. The number of rotatable bonds is 3. The van der Waals surface area contributed by atoms with Gasteiger partial charge in [0.1, 0.15) is 6.07 Å². The van der Waals surface area contributed by atoms with Crippen LogP contribution in [0.25, 0.3) is 0 Å². The molecule has 1 radical (unpaired) electrons. The molecule has 0 atom stereocenters. The third kappa shape index (κ3) is 2.27. The number of amides is 1. The SMILES string of the molecule is N#Cc1ccc([CH]CO)c(C(N)=O)c1Cl. The normalized spacial score (nSPS) is 9.67. The van der Waals surface area contributed by atoms with E-state index < -0.39 is 5.91 Å². The second-order valence-corrected chi connectivity index (χ2v) is 3.13. The van der Waals surface area contributed by atoms with E-state index in [4.69, 9.17) is 27.7 Å². The lowest BCUT2D eigenvalue weighted by Gasteiger charge is -2.07. The van der Waals surface area contributed by atoms with E-state index >= 15 is 0 Å². The Labute approximate surface area is 91.9 Å². The van der Waals surface area contributed by atoms with Crippen LogP contribution in [0.15, 0.2) is 12.1 Å². The molecule has 0 saturated carbocycles. The zero-order valence-corrected chi connectivity index (χ0v) is 8.45. The highest BCUT2D eigenvalue weighted by molar-refractivity contribution is 6.35. The fourth-order valence-corrected chi connectivity index (χ4v) is 1.50. The van der Waals surface area contributed by atoms with Crippen LogP contribution >= 0.6 is 11.6 Å². The minimum Gasteiger partial charge on any atom is -0.396 e. The first-order valence-corrected chi connectivity index (χ1v) is 4.46. The molecule has 0 spiro atoms. The van der Waals surface area contributed by atoms with Gasteiger partial charge in [-0.2, -0.15) is 5.26 Å². The third-order valence-electron chi connectivity index (χ3n) is 1.85. The molecule has 0 unspecified atom stereocenters. The molecule has 0 aliphatic rings. The molecule has 0 heterocycles. The van der Waals surface area contributed by atoms with Crippen LogP contribution in [0.5, 0.6) is 0 Å². The zero-order chi connectivity index (χ0) is 11.4. The van der Waals surface area contributed by atoms with E-state index in [2.05, 4.69) is 0 Å². The molecule has 1 aromatic rings. The number of halogens is 1. The summed E-state index contributed by atoms with van der Waals surface area (Å²) >= 11 is 5.82. The van der Waals surface area contributed by atoms with Crippen LogP contribution in [0, 0.1) is 17.8 Å². The molecule has 0 aromatic heterocycles. The van der Waals surface area contributed by atoms with E-state index in [1.54, 1.807) is 0 Å². The largest absolute Gasteiger partial charge is 0.396 e.